The van der Waals surface area contributed by atoms with Gasteiger partial charge in [0.2, 0.25) is 0 Å². The summed E-state index contributed by atoms with van der Waals surface area (Å²) < 4.78 is 21.6. The molecule has 3 unspecified atom stereocenters. The number of carbonyl (C=O) groups excluding carboxylic acids is 2. The number of ether oxygens (including phenoxy) is 1. The van der Waals surface area contributed by atoms with E-state index in [2.05, 4.69) is 52.1 Å². The van der Waals surface area contributed by atoms with Gasteiger partial charge < -0.3 is 15.4 Å². The zero-order valence-corrected chi connectivity index (χ0v) is 25.2. The van der Waals surface area contributed by atoms with Crippen LogP contribution in [-0.4, -0.2) is 39.9 Å². The summed E-state index contributed by atoms with van der Waals surface area (Å²) in [5, 5.41) is 8.07. The molecule has 1 aromatic carbocycles. The fourth-order valence-corrected chi connectivity index (χ4v) is 5.25. The molecular formula is C29H40N4O4S2. The standard InChI is InChI=1S/C27H34N4O4S2.C2H6/c1-18-9-10-20(15-19(18)2)16-23(25-29-13-14-36-25)31-37(34)22-8-6-7-21(17-22)24(32)28-11-12-30-26(33)35-27(3,4)5;1-2/h6-10,13-15,17-18,23,31H,2,11-12,16H2,1,3-5H3,(H,28,32)(H,30,33);1-2H3. The Morgan fingerprint density at radius 2 is 1.92 bits per heavy atom. The van der Waals surface area contributed by atoms with Crippen LogP contribution in [0.15, 0.2) is 76.7 Å². The van der Waals surface area contributed by atoms with Gasteiger partial charge in [-0.25, -0.2) is 18.7 Å². The number of allylic oxidation sites excluding steroid dienone is 4. The van der Waals surface area contributed by atoms with Gasteiger partial charge in [-0.3, -0.25) is 4.79 Å². The quantitative estimate of drug-likeness (QED) is 0.309. The van der Waals surface area contributed by atoms with E-state index in [1.807, 2.05) is 19.2 Å². The molecule has 8 nitrogen and oxygen atoms in total. The summed E-state index contributed by atoms with van der Waals surface area (Å²) in [5.74, 6) is -0.0300. The predicted molar refractivity (Wildman–Crippen MR) is 159 cm³/mol. The number of carbonyl (C=O) groups is 2. The van der Waals surface area contributed by atoms with E-state index in [0.717, 1.165) is 16.2 Å². The zero-order chi connectivity index (χ0) is 29.0. The van der Waals surface area contributed by atoms with Crippen LogP contribution in [0.25, 0.3) is 0 Å². The van der Waals surface area contributed by atoms with Crippen molar-refractivity contribution in [2.75, 3.05) is 13.1 Å². The molecule has 1 heterocycles. The van der Waals surface area contributed by atoms with Crippen molar-refractivity contribution in [2.24, 2.45) is 5.92 Å². The van der Waals surface area contributed by atoms with E-state index in [-0.39, 0.29) is 25.0 Å². The van der Waals surface area contributed by atoms with Gasteiger partial charge in [0.25, 0.3) is 5.91 Å². The van der Waals surface area contributed by atoms with E-state index < -0.39 is 22.7 Å². The molecule has 212 valence electrons. The first-order chi connectivity index (χ1) is 18.5. The lowest BCUT2D eigenvalue weighted by atomic mass is 9.91. The molecule has 3 atom stereocenters. The minimum atomic E-state index is -1.58. The summed E-state index contributed by atoms with van der Waals surface area (Å²) in [5.41, 5.74) is 1.91. The average molecular weight is 573 g/mol. The molecule has 2 aromatic rings. The number of rotatable bonds is 10. The molecule has 0 aliphatic heterocycles. The van der Waals surface area contributed by atoms with Crippen molar-refractivity contribution in [3.05, 3.63) is 82.4 Å². The number of aromatic nitrogens is 1. The monoisotopic (exact) mass is 572 g/mol. The third-order valence-electron chi connectivity index (χ3n) is 5.38. The third-order valence-corrected chi connectivity index (χ3v) is 7.45. The van der Waals surface area contributed by atoms with Gasteiger partial charge in [-0.2, -0.15) is 0 Å². The van der Waals surface area contributed by atoms with Crippen LogP contribution in [0.4, 0.5) is 4.79 Å². The van der Waals surface area contributed by atoms with E-state index >= 15 is 0 Å². The van der Waals surface area contributed by atoms with Gasteiger partial charge in [-0.15, -0.1) is 11.3 Å². The molecule has 1 aliphatic rings. The second-order valence-electron chi connectivity index (χ2n) is 9.67. The minimum Gasteiger partial charge on any atom is -0.444 e. The molecule has 0 saturated heterocycles. The van der Waals surface area contributed by atoms with Gasteiger partial charge in [-0.05, 0) is 62.5 Å². The van der Waals surface area contributed by atoms with Crippen LogP contribution in [0, 0.1) is 5.92 Å². The Balaban J connectivity index is 0.00000260. The fourth-order valence-electron chi connectivity index (χ4n) is 3.46. The lowest BCUT2D eigenvalue weighted by Gasteiger charge is -2.20. The normalized spacial score (nSPS) is 16.3. The van der Waals surface area contributed by atoms with Crippen molar-refractivity contribution in [2.45, 2.75) is 64.5 Å². The Morgan fingerprint density at radius 3 is 2.56 bits per heavy atom. The van der Waals surface area contributed by atoms with Gasteiger partial charge in [0.05, 0.1) is 10.9 Å². The zero-order valence-electron chi connectivity index (χ0n) is 23.6. The van der Waals surface area contributed by atoms with E-state index in [4.69, 9.17) is 4.74 Å². The van der Waals surface area contributed by atoms with Gasteiger partial charge >= 0.3 is 6.09 Å². The fraction of sp³-hybridized carbons (Fsp3) is 0.414. The number of amides is 2. The molecule has 39 heavy (non-hydrogen) atoms. The summed E-state index contributed by atoms with van der Waals surface area (Å²) in [6.07, 6.45) is 8.04. The second kappa shape index (κ2) is 15.5. The number of benzene rings is 1. The molecule has 0 spiro atoms. The first kappa shape index (κ1) is 32.1. The van der Waals surface area contributed by atoms with Crippen molar-refractivity contribution < 1.29 is 18.5 Å². The highest BCUT2D eigenvalue weighted by Crippen LogP contribution is 2.29. The number of hydrogen-bond donors (Lipinski definition) is 3. The SMILES string of the molecule is C=C1C=C(CC(NS(=O)c2cccc(C(=O)NCCNC(=O)OC(C)(C)C)c2)c2nccs2)C=CC1C.CC. The molecule has 0 fully saturated rings. The molecule has 0 radical (unpaired) electrons. The summed E-state index contributed by atoms with van der Waals surface area (Å²) in [6.45, 7) is 16.0. The Morgan fingerprint density at radius 1 is 1.21 bits per heavy atom. The molecule has 2 amide bonds. The molecule has 10 heteroatoms. The van der Waals surface area contributed by atoms with E-state index in [1.165, 1.54) is 11.3 Å². The Labute approximate surface area is 238 Å². The van der Waals surface area contributed by atoms with Crippen LogP contribution in [0.1, 0.15) is 69.4 Å². The Bertz CT molecular complexity index is 1200. The van der Waals surface area contributed by atoms with Gasteiger partial charge in [0.15, 0.2) is 0 Å². The maximum Gasteiger partial charge on any atom is 0.407 e. The van der Waals surface area contributed by atoms with E-state index in [0.29, 0.717) is 22.8 Å². The maximum absolute atomic E-state index is 13.3. The molecular weight excluding hydrogens is 532 g/mol. The van der Waals surface area contributed by atoms with Crippen molar-refractivity contribution in [3.63, 3.8) is 0 Å². The number of alkyl carbamates (subject to hydrolysis) is 1. The number of thiazole rings is 1. The predicted octanol–water partition coefficient (Wildman–Crippen LogP) is 5.86. The van der Waals surface area contributed by atoms with Crippen molar-refractivity contribution in [3.8, 4) is 0 Å². The van der Waals surface area contributed by atoms with Crippen molar-refractivity contribution in [1.82, 2.24) is 20.3 Å². The number of hydrogen-bond acceptors (Lipinski definition) is 6. The van der Waals surface area contributed by atoms with Crippen LogP contribution in [0.2, 0.25) is 0 Å². The maximum atomic E-state index is 13.3. The van der Waals surface area contributed by atoms with Crippen LogP contribution in [0.3, 0.4) is 0 Å². The summed E-state index contributed by atoms with van der Waals surface area (Å²) in [6, 6.07) is 6.39. The average Bonchev–Trinajstić information content (AvgIpc) is 3.43. The van der Waals surface area contributed by atoms with Crippen molar-refractivity contribution in [1.29, 1.82) is 0 Å². The molecule has 0 bridgehead atoms. The smallest absolute Gasteiger partial charge is 0.407 e. The minimum absolute atomic E-state index is 0.221. The van der Waals surface area contributed by atoms with Gasteiger partial charge in [-0.1, -0.05) is 51.6 Å². The molecule has 3 rings (SSSR count). The molecule has 1 aliphatic carbocycles. The highest BCUT2D eigenvalue weighted by atomic mass is 32.2. The lowest BCUT2D eigenvalue weighted by molar-refractivity contribution is 0.0526. The molecule has 3 N–H and O–H groups in total. The van der Waals surface area contributed by atoms with E-state index in [1.54, 1.807) is 51.2 Å². The number of nitrogens with zero attached hydrogens (tertiary/aromatic N) is 1. The summed E-state index contributed by atoms with van der Waals surface area (Å²) >= 11 is 1.50. The van der Waals surface area contributed by atoms with Crippen LogP contribution < -0.4 is 15.4 Å². The lowest BCUT2D eigenvalue weighted by Crippen LogP contribution is -2.37. The topological polar surface area (TPSA) is 109 Å². The van der Waals surface area contributed by atoms with Crippen LogP contribution >= 0.6 is 11.3 Å². The first-order valence-electron chi connectivity index (χ1n) is 13.0. The van der Waals surface area contributed by atoms with E-state index in [9.17, 15) is 13.8 Å². The molecule has 1 aromatic heterocycles. The first-order valence-corrected chi connectivity index (χ1v) is 15.0. The highest BCUT2D eigenvalue weighted by Gasteiger charge is 2.21. The Hall–Kier alpha value is -3.08. The third kappa shape index (κ3) is 10.9. The largest absolute Gasteiger partial charge is 0.444 e. The summed E-state index contributed by atoms with van der Waals surface area (Å²) in [4.78, 5) is 29.2. The van der Waals surface area contributed by atoms with Gasteiger partial charge in [0, 0.05) is 30.2 Å². The highest BCUT2D eigenvalue weighted by molar-refractivity contribution is 7.83. The molecule has 0 saturated carbocycles. The Kier molecular flexibility index (Phi) is 12.8. The summed E-state index contributed by atoms with van der Waals surface area (Å²) in [7, 11) is -1.58. The van der Waals surface area contributed by atoms with Crippen molar-refractivity contribution >= 4 is 34.3 Å². The van der Waals surface area contributed by atoms with Crippen LogP contribution in [0.5, 0.6) is 0 Å². The second-order valence-corrected chi connectivity index (χ2v) is 11.8. The van der Waals surface area contributed by atoms with Gasteiger partial charge in [0.1, 0.15) is 21.6 Å². The number of nitrogens with one attached hydrogen (secondary N) is 3. The van der Waals surface area contributed by atoms with Crippen LogP contribution in [-0.2, 0) is 15.7 Å².